The lowest BCUT2D eigenvalue weighted by atomic mass is 10.0. The lowest BCUT2D eigenvalue weighted by molar-refractivity contribution is 0.481. The van der Waals surface area contributed by atoms with Crippen molar-refractivity contribution in [3.05, 3.63) is 41.7 Å². The fraction of sp³-hybridized carbons (Fsp3) is 0.526. The lowest BCUT2D eigenvalue weighted by Crippen LogP contribution is -2.47. The van der Waals surface area contributed by atoms with Crippen molar-refractivity contribution >= 4 is 11.6 Å². The van der Waals surface area contributed by atoms with Gasteiger partial charge in [0.25, 0.3) is 0 Å². The number of anilines is 2. The van der Waals surface area contributed by atoms with Gasteiger partial charge in [-0.3, -0.25) is 0 Å². The van der Waals surface area contributed by atoms with E-state index in [1.165, 1.54) is 18.5 Å². The highest BCUT2D eigenvalue weighted by molar-refractivity contribution is 5.47. The minimum absolute atomic E-state index is 0.415. The van der Waals surface area contributed by atoms with Gasteiger partial charge >= 0.3 is 0 Å². The molecule has 1 fully saturated rings. The van der Waals surface area contributed by atoms with Crippen LogP contribution in [-0.4, -0.2) is 41.4 Å². The van der Waals surface area contributed by atoms with E-state index in [0.717, 1.165) is 43.3 Å². The van der Waals surface area contributed by atoms with Gasteiger partial charge in [-0.05, 0) is 37.8 Å². The van der Waals surface area contributed by atoms with Crippen LogP contribution >= 0.6 is 0 Å². The molecule has 1 aromatic carbocycles. The van der Waals surface area contributed by atoms with Gasteiger partial charge in [0.05, 0.1) is 11.4 Å². The zero-order chi connectivity index (χ0) is 16.9. The standard InChI is InChI=1S/C19H27N5/c1-4-17-18(5-2)21-22-19(20-17)23(3)16-12-9-13-24(14-16)15-10-7-6-8-11-15/h6-8,10-11,16H,4-5,9,12-14H2,1-3H3. The van der Waals surface area contributed by atoms with Gasteiger partial charge < -0.3 is 9.80 Å². The maximum atomic E-state index is 4.77. The number of piperidine rings is 1. The van der Waals surface area contributed by atoms with E-state index in [2.05, 4.69) is 71.2 Å². The highest BCUT2D eigenvalue weighted by atomic mass is 15.3. The van der Waals surface area contributed by atoms with Crippen molar-refractivity contribution in [2.45, 2.75) is 45.6 Å². The molecule has 3 rings (SSSR count). The molecule has 0 aliphatic carbocycles. The smallest absolute Gasteiger partial charge is 0.245 e. The van der Waals surface area contributed by atoms with Crippen molar-refractivity contribution in [2.75, 3.05) is 29.9 Å². The summed E-state index contributed by atoms with van der Waals surface area (Å²) in [7, 11) is 2.10. The molecule has 128 valence electrons. The topological polar surface area (TPSA) is 45.2 Å². The Bertz CT molecular complexity index is 658. The minimum Gasteiger partial charge on any atom is -0.369 e. The molecule has 1 aliphatic rings. The molecule has 0 saturated carbocycles. The number of benzene rings is 1. The number of hydrogen-bond donors (Lipinski definition) is 0. The summed E-state index contributed by atoms with van der Waals surface area (Å²) in [6.45, 7) is 6.35. The third kappa shape index (κ3) is 3.50. The van der Waals surface area contributed by atoms with Crippen molar-refractivity contribution in [1.82, 2.24) is 15.2 Å². The van der Waals surface area contributed by atoms with E-state index in [-0.39, 0.29) is 0 Å². The van der Waals surface area contributed by atoms with Gasteiger partial charge in [0.2, 0.25) is 5.95 Å². The Balaban J connectivity index is 1.76. The molecule has 1 saturated heterocycles. The number of aromatic nitrogens is 3. The highest BCUT2D eigenvalue weighted by Gasteiger charge is 2.25. The molecule has 1 aromatic heterocycles. The number of aryl methyl sites for hydroxylation is 2. The number of para-hydroxylation sites is 1. The largest absolute Gasteiger partial charge is 0.369 e. The summed E-state index contributed by atoms with van der Waals surface area (Å²) in [5.74, 6) is 0.754. The van der Waals surface area contributed by atoms with E-state index in [9.17, 15) is 0 Å². The van der Waals surface area contributed by atoms with Gasteiger partial charge in [-0.15, -0.1) is 5.10 Å². The van der Waals surface area contributed by atoms with E-state index < -0.39 is 0 Å². The number of rotatable bonds is 5. The Kier molecular flexibility index (Phi) is 5.28. The van der Waals surface area contributed by atoms with Crippen molar-refractivity contribution in [3.63, 3.8) is 0 Å². The predicted molar refractivity (Wildman–Crippen MR) is 98.7 cm³/mol. The van der Waals surface area contributed by atoms with Gasteiger partial charge in [0.1, 0.15) is 0 Å². The Hall–Kier alpha value is -2.17. The fourth-order valence-corrected chi connectivity index (χ4v) is 3.39. The summed E-state index contributed by atoms with van der Waals surface area (Å²) < 4.78 is 0. The third-order valence-electron chi connectivity index (χ3n) is 4.88. The Labute approximate surface area is 144 Å². The van der Waals surface area contributed by atoms with Crippen molar-refractivity contribution in [3.8, 4) is 0 Å². The van der Waals surface area contributed by atoms with Crippen LogP contribution in [0.15, 0.2) is 30.3 Å². The van der Waals surface area contributed by atoms with Crippen molar-refractivity contribution in [2.24, 2.45) is 0 Å². The molecular formula is C19H27N5. The quantitative estimate of drug-likeness (QED) is 0.845. The zero-order valence-corrected chi connectivity index (χ0v) is 14.9. The number of nitrogens with zero attached hydrogens (tertiary/aromatic N) is 5. The first-order valence-corrected chi connectivity index (χ1v) is 8.98. The summed E-state index contributed by atoms with van der Waals surface area (Å²) in [4.78, 5) is 9.44. The molecule has 0 spiro atoms. The maximum Gasteiger partial charge on any atom is 0.245 e. The van der Waals surface area contributed by atoms with Crippen molar-refractivity contribution in [1.29, 1.82) is 0 Å². The third-order valence-corrected chi connectivity index (χ3v) is 4.88. The van der Waals surface area contributed by atoms with Crippen LogP contribution in [-0.2, 0) is 12.8 Å². The zero-order valence-electron chi connectivity index (χ0n) is 14.9. The van der Waals surface area contributed by atoms with Crippen molar-refractivity contribution < 1.29 is 0 Å². The van der Waals surface area contributed by atoms with Gasteiger partial charge in [-0.1, -0.05) is 32.0 Å². The van der Waals surface area contributed by atoms with E-state index in [4.69, 9.17) is 4.98 Å². The fourth-order valence-electron chi connectivity index (χ4n) is 3.39. The molecule has 1 aliphatic heterocycles. The van der Waals surface area contributed by atoms with Crippen LogP contribution in [0.25, 0.3) is 0 Å². The first-order chi connectivity index (χ1) is 11.7. The monoisotopic (exact) mass is 325 g/mol. The molecule has 0 N–H and O–H groups in total. The molecule has 1 unspecified atom stereocenters. The van der Waals surface area contributed by atoms with Gasteiger partial charge in [-0.2, -0.15) is 5.10 Å². The van der Waals surface area contributed by atoms with Crippen LogP contribution in [0, 0.1) is 0 Å². The summed E-state index contributed by atoms with van der Waals surface area (Å²) in [6.07, 6.45) is 4.14. The Morgan fingerprint density at radius 1 is 1.08 bits per heavy atom. The summed E-state index contributed by atoms with van der Waals surface area (Å²) in [5.41, 5.74) is 3.39. The van der Waals surface area contributed by atoms with Crippen LogP contribution in [0.5, 0.6) is 0 Å². The lowest BCUT2D eigenvalue weighted by Gasteiger charge is -2.38. The Morgan fingerprint density at radius 2 is 1.83 bits per heavy atom. The van der Waals surface area contributed by atoms with E-state index in [1.807, 2.05) is 0 Å². The molecular weight excluding hydrogens is 298 g/mol. The minimum atomic E-state index is 0.415. The molecule has 0 amide bonds. The van der Waals surface area contributed by atoms with E-state index in [1.54, 1.807) is 0 Å². The molecule has 24 heavy (non-hydrogen) atoms. The summed E-state index contributed by atoms with van der Waals surface area (Å²) in [6, 6.07) is 11.1. The van der Waals surface area contributed by atoms with Crippen LogP contribution in [0.3, 0.4) is 0 Å². The first kappa shape index (κ1) is 16.7. The van der Waals surface area contributed by atoms with Gasteiger partial charge in [0.15, 0.2) is 0 Å². The van der Waals surface area contributed by atoms with Gasteiger partial charge in [-0.25, -0.2) is 4.98 Å². The van der Waals surface area contributed by atoms with E-state index in [0.29, 0.717) is 6.04 Å². The molecule has 5 heteroatoms. The van der Waals surface area contributed by atoms with E-state index >= 15 is 0 Å². The maximum absolute atomic E-state index is 4.77. The normalized spacial score (nSPS) is 17.8. The van der Waals surface area contributed by atoms with Gasteiger partial charge in [0, 0.05) is 31.9 Å². The van der Waals surface area contributed by atoms with Crippen LogP contribution in [0.4, 0.5) is 11.6 Å². The highest BCUT2D eigenvalue weighted by Crippen LogP contribution is 2.23. The molecule has 1 atom stereocenters. The summed E-state index contributed by atoms with van der Waals surface area (Å²) in [5, 5.41) is 8.77. The first-order valence-electron chi connectivity index (χ1n) is 8.98. The van der Waals surface area contributed by atoms with Crippen LogP contribution in [0.1, 0.15) is 38.1 Å². The summed E-state index contributed by atoms with van der Waals surface area (Å²) >= 11 is 0. The molecule has 2 heterocycles. The number of hydrogen-bond acceptors (Lipinski definition) is 5. The van der Waals surface area contributed by atoms with Crippen LogP contribution < -0.4 is 9.80 Å². The molecule has 0 bridgehead atoms. The molecule has 2 aromatic rings. The second-order valence-electron chi connectivity index (χ2n) is 6.40. The Morgan fingerprint density at radius 3 is 2.54 bits per heavy atom. The second-order valence-corrected chi connectivity index (χ2v) is 6.40. The SMILES string of the molecule is CCc1nnc(N(C)C2CCCN(c3ccccc3)C2)nc1CC. The second kappa shape index (κ2) is 7.60. The average Bonchev–Trinajstić information content (AvgIpc) is 2.67. The average molecular weight is 325 g/mol. The predicted octanol–water partition coefficient (Wildman–Crippen LogP) is 3.10. The molecule has 0 radical (unpaired) electrons. The molecule has 5 nitrogen and oxygen atoms in total. The van der Waals surface area contributed by atoms with Crippen LogP contribution in [0.2, 0.25) is 0 Å². The number of likely N-dealkylation sites (N-methyl/N-ethyl adjacent to an activating group) is 1.